The van der Waals surface area contributed by atoms with Crippen LogP contribution >= 0.6 is 0 Å². The molecule has 2 aliphatic rings. The fourth-order valence-electron chi connectivity index (χ4n) is 9.02. The maximum Gasteiger partial charge on any atom is 0.161 e. The van der Waals surface area contributed by atoms with Crippen LogP contribution in [0.1, 0.15) is 16.7 Å². The Morgan fingerprint density at radius 1 is 0.579 bits per heavy atom. The van der Waals surface area contributed by atoms with Crippen molar-refractivity contribution in [1.82, 2.24) is 4.98 Å². The van der Waals surface area contributed by atoms with Gasteiger partial charge in [-0.3, -0.25) is 0 Å². The fraction of sp³-hybridized carbons (Fsp3) is 0.0588. The van der Waals surface area contributed by atoms with Crippen LogP contribution in [0.4, 0.5) is 22.7 Å². The summed E-state index contributed by atoms with van der Waals surface area (Å²) in [5.41, 5.74) is 12.2. The molecule has 0 atom stereocenters. The smallest absolute Gasteiger partial charge is 0.161 e. The number of rotatable bonds is 7. The molecule has 8 aromatic rings. The predicted molar refractivity (Wildman–Crippen MR) is 232 cm³/mol. The largest absolute Gasteiger partial charge is 0.503 e. The quantitative estimate of drug-likeness (QED) is 0.118. The molecule has 10 rings (SSSR count). The Labute approximate surface area is 350 Å². The van der Waals surface area contributed by atoms with Crippen LogP contribution < -0.4 is 35.3 Å². The van der Waals surface area contributed by atoms with Crippen LogP contribution in [-0.4, -0.2) is 13.1 Å². The zero-order valence-electron chi connectivity index (χ0n) is 31.8. The molecule has 280 valence electrons. The molecule has 0 radical (unpaired) electrons. The number of ether oxygens (including phenoxy) is 1. The first-order valence-corrected chi connectivity index (χ1v) is 21.0. The van der Waals surface area contributed by atoms with E-state index in [0.29, 0.717) is 11.5 Å². The van der Waals surface area contributed by atoms with E-state index >= 15 is 0 Å². The molecule has 0 fully saturated rings. The summed E-state index contributed by atoms with van der Waals surface area (Å²) < 4.78 is 6.91. The van der Waals surface area contributed by atoms with Gasteiger partial charge in [0.05, 0.1) is 0 Å². The Bertz CT molecular complexity index is 2690. The molecule has 6 heteroatoms. The van der Waals surface area contributed by atoms with Gasteiger partial charge in [0.1, 0.15) is 0 Å². The third-order valence-electron chi connectivity index (χ3n) is 11.1. The zero-order valence-corrected chi connectivity index (χ0v) is 35.1. The summed E-state index contributed by atoms with van der Waals surface area (Å²) in [6.07, 6.45) is 1.85. The average Bonchev–Trinajstić information content (AvgIpc) is 3.76. The maximum absolute atomic E-state index is 6.91. The minimum atomic E-state index is -2.82. The predicted octanol–water partition coefficient (Wildman–Crippen LogP) is 9.83. The second kappa shape index (κ2) is 14.8. The van der Waals surface area contributed by atoms with Gasteiger partial charge in [-0.25, -0.2) is 0 Å². The van der Waals surface area contributed by atoms with E-state index in [2.05, 4.69) is 189 Å². The van der Waals surface area contributed by atoms with E-state index in [0.717, 1.165) is 28.3 Å². The summed E-state index contributed by atoms with van der Waals surface area (Å²) in [6, 6.07) is 65.8. The second-order valence-corrected chi connectivity index (χ2v) is 18.4. The third-order valence-corrected chi connectivity index (χ3v) is 16.0. The van der Waals surface area contributed by atoms with Crippen molar-refractivity contribution < 1.29 is 25.8 Å². The van der Waals surface area contributed by atoms with Gasteiger partial charge < -0.3 is 19.5 Å². The fourth-order valence-corrected chi connectivity index (χ4v) is 14.2. The minimum absolute atomic E-state index is 0. The van der Waals surface area contributed by atoms with Crippen molar-refractivity contribution in [1.29, 1.82) is 0 Å². The molecular formula is C51H38N3OPtSi-3. The van der Waals surface area contributed by atoms with Gasteiger partial charge in [0.15, 0.2) is 8.07 Å². The van der Waals surface area contributed by atoms with Crippen molar-refractivity contribution >= 4 is 51.6 Å². The number of nitrogens with zero attached hydrogens (tertiary/aromatic N) is 3. The molecule has 1 aromatic heterocycles. The van der Waals surface area contributed by atoms with Crippen molar-refractivity contribution in [2.45, 2.75) is 20.8 Å². The van der Waals surface area contributed by atoms with Gasteiger partial charge in [-0.15, -0.1) is 41.3 Å². The van der Waals surface area contributed by atoms with Gasteiger partial charge >= 0.3 is 0 Å². The molecule has 0 unspecified atom stereocenters. The number of fused-ring (bicyclic) bond motifs is 4. The molecule has 0 saturated carbocycles. The van der Waals surface area contributed by atoms with E-state index in [4.69, 9.17) is 9.72 Å². The van der Waals surface area contributed by atoms with Crippen molar-refractivity contribution in [3.63, 3.8) is 0 Å². The number of anilines is 4. The average molecular weight is 932 g/mol. The van der Waals surface area contributed by atoms with Gasteiger partial charge in [-0.2, -0.15) is 6.07 Å². The summed E-state index contributed by atoms with van der Waals surface area (Å²) >= 11 is 0. The molecule has 3 heterocycles. The van der Waals surface area contributed by atoms with Crippen molar-refractivity contribution in [3.8, 4) is 33.9 Å². The van der Waals surface area contributed by atoms with Gasteiger partial charge in [0, 0.05) is 55.8 Å². The van der Waals surface area contributed by atoms with E-state index in [-0.39, 0.29) is 21.1 Å². The summed E-state index contributed by atoms with van der Waals surface area (Å²) in [5, 5.41) is 5.27. The van der Waals surface area contributed by atoms with E-state index in [9.17, 15) is 0 Å². The monoisotopic (exact) mass is 931 g/mol. The van der Waals surface area contributed by atoms with Crippen LogP contribution in [0.3, 0.4) is 0 Å². The summed E-state index contributed by atoms with van der Waals surface area (Å²) in [7, 11) is -2.82. The number of aromatic nitrogens is 1. The molecule has 0 N–H and O–H groups in total. The molecule has 0 aliphatic carbocycles. The molecule has 0 saturated heterocycles. The molecule has 0 bridgehead atoms. The SMILES string of the molecule is Cc1cc(C)c(N2[CH-]N(c3[c-]c(Oc4[c-]c(-c5ccccn5)c5c(c4)[Si](c4ccccc4)(c4ccccc4)c4ccccc4-5)ccc3)c3ccccc32)c(C)c1.[Pt]. The number of pyridine rings is 1. The Kier molecular flexibility index (Phi) is 9.52. The van der Waals surface area contributed by atoms with E-state index in [1.54, 1.807) is 0 Å². The van der Waals surface area contributed by atoms with Crippen LogP contribution in [0.5, 0.6) is 11.5 Å². The normalized spacial score (nSPS) is 13.4. The van der Waals surface area contributed by atoms with E-state index < -0.39 is 8.07 Å². The van der Waals surface area contributed by atoms with Crippen LogP contribution in [0.15, 0.2) is 170 Å². The molecule has 4 nitrogen and oxygen atoms in total. The van der Waals surface area contributed by atoms with Crippen molar-refractivity contribution in [3.05, 3.63) is 205 Å². The summed E-state index contributed by atoms with van der Waals surface area (Å²) in [5.74, 6) is 1.24. The number of hydrogen-bond acceptors (Lipinski definition) is 4. The number of aryl methyl sites for hydroxylation is 3. The van der Waals surface area contributed by atoms with Crippen LogP contribution in [0.2, 0.25) is 0 Å². The minimum Gasteiger partial charge on any atom is -0.503 e. The molecule has 2 aliphatic heterocycles. The Morgan fingerprint density at radius 3 is 1.89 bits per heavy atom. The Morgan fingerprint density at radius 2 is 1.21 bits per heavy atom. The standard InChI is InChI=1S/C51H38N3OSi.Pt/c1-35-29-36(2)51(37(3)30-35)54-34-53(46-25-11-12-26-47(46)54)38-17-16-18-39(31-38)55-40-32-44(45-24-14-15-28-52-45)50-43-23-10-13-27-48(43)56(49(50)33-40,41-19-6-4-7-20-41)42-21-8-5-9-22-42;/h4-30,33-34H,1-3H3;/q-3;. The molecule has 0 amide bonds. The molecule has 0 spiro atoms. The van der Waals surface area contributed by atoms with Crippen molar-refractivity contribution in [2.24, 2.45) is 0 Å². The maximum atomic E-state index is 6.91. The third kappa shape index (κ3) is 6.05. The molecule has 57 heavy (non-hydrogen) atoms. The number of para-hydroxylation sites is 2. The van der Waals surface area contributed by atoms with Crippen molar-refractivity contribution in [2.75, 3.05) is 9.80 Å². The molecule has 7 aromatic carbocycles. The number of hydrogen-bond donors (Lipinski definition) is 0. The summed E-state index contributed by atoms with van der Waals surface area (Å²) in [6.45, 7) is 8.70. The number of benzene rings is 7. The first-order chi connectivity index (χ1) is 27.5. The Balaban J connectivity index is 0.00000422. The van der Waals surface area contributed by atoms with Crippen LogP contribution in [-0.2, 0) is 21.1 Å². The van der Waals surface area contributed by atoms with E-state index in [1.807, 2.05) is 30.5 Å². The van der Waals surface area contributed by atoms with Crippen LogP contribution in [0, 0.1) is 39.6 Å². The van der Waals surface area contributed by atoms with Gasteiger partial charge in [-0.1, -0.05) is 150 Å². The van der Waals surface area contributed by atoms with Crippen LogP contribution in [0.25, 0.3) is 22.4 Å². The zero-order chi connectivity index (χ0) is 37.8. The van der Waals surface area contributed by atoms with Gasteiger partial charge in [0.2, 0.25) is 0 Å². The first-order valence-electron chi connectivity index (χ1n) is 19.0. The summed E-state index contributed by atoms with van der Waals surface area (Å²) in [4.78, 5) is 9.38. The van der Waals surface area contributed by atoms with Gasteiger partial charge in [-0.05, 0) is 71.4 Å². The van der Waals surface area contributed by atoms with Gasteiger partial charge in [0.25, 0.3) is 0 Å². The molecular weight excluding hydrogens is 894 g/mol. The van der Waals surface area contributed by atoms with E-state index in [1.165, 1.54) is 54.3 Å². The first kappa shape index (κ1) is 36.6. The second-order valence-electron chi connectivity index (χ2n) is 14.6. The topological polar surface area (TPSA) is 28.6 Å². The Hall–Kier alpha value is -6.00.